The first-order valence-corrected chi connectivity index (χ1v) is 13.1. The third kappa shape index (κ3) is 4.38. The molecule has 0 atom stereocenters. The molecule has 0 fully saturated rings. The normalized spacial score (nSPS) is 12.6. The van der Waals surface area contributed by atoms with E-state index < -0.39 is 17.7 Å². The molecule has 0 radical (unpaired) electrons. The molecule has 3 heterocycles. The van der Waals surface area contributed by atoms with Crippen LogP contribution in [-0.4, -0.2) is 51.2 Å². The van der Waals surface area contributed by atoms with Crippen LogP contribution < -0.4 is 10.6 Å². The number of imide groups is 1. The number of halogens is 1. The number of carbonyl (C=O) groups excluding carboxylic acids is 3. The largest absolute Gasteiger partial charge is 0.383 e. The summed E-state index contributed by atoms with van der Waals surface area (Å²) in [5.41, 5.74) is 11.2. The molecule has 0 aliphatic carbocycles. The van der Waals surface area contributed by atoms with Crippen LogP contribution in [0.1, 0.15) is 20.7 Å². The molecule has 6 rings (SSSR count). The van der Waals surface area contributed by atoms with Crippen molar-refractivity contribution in [2.75, 3.05) is 24.2 Å². The molecule has 2 aromatic heterocycles. The summed E-state index contributed by atoms with van der Waals surface area (Å²) in [5, 5.41) is 0.666. The number of nitrogen functional groups attached to an aromatic ring is 1. The molecule has 0 bridgehead atoms. The monoisotopic (exact) mass is 592 g/mol. The van der Waals surface area contributed by atoms with Gasteiger partial charge in [0.05, 0.1) is 22.2 Å². The third-order valence-electron chi connectivity index (χ3n) is 6.86. The van der Waals surface area contributed by atoms with Gasteiger partial charge in [0, 0.05) is 22.8 Å². The fourth-order valence-corrected chi connectivity index (χ4v) is 5.14. The standard InChI is InChI=1S/C30H21BrN6O3/c1-36(25(38)15-37-29(39)21-7-2-3-8-22(21)30(37)40)20-11-9-17(10-12-20)24-14-23(18-5-4-6-19(31)13-18)26-27(32)33-16-34-28(26)35-24/h2-14,16H,15H2,1H3,(H2,32,33,34,35). The van der Waals surface area contributed by atoms with Crippen LogP contribution in [0.4, 0.5) is 11.5 Å². The van der Waals surface area contributed by atoms with E-state index in [2.05, 4.69) is 25.9 Å². The summed E-state index contributed by atoms with van der Waals surface area (Å²) in [4.78, 5) is 54.0. The lowest BCUT2D eigenvalue weighted by Crippen LogP contribution is -2.41. The van der Waals surface area contributed by atoms with E-state index in [0.717, 1.165) is 26.1 Å². The Morgan fingerprint density at radius 3 is 2.25 bits per heavy atom. The first-order chi connectivity index (χ1) is 19.3. The Labute approximate surface area is 237 Å². The number of nitrogens with two attached hydrogens (primary N) is 1. The molecule has 0 saturated heterocycles. The van der Waals surface area contributed by atoms with E-state index in [1.54, 1.807) is 43.4 Å². The van der Waals surface area contributed by atoms with E-state index in [0.29, 0.717) is 39.4 Å². The fourth-order valence-electron chi connectivity index (χ4n) is 4.74. The molecule has 0 saturated carbocycles. The zero-order valence-corrected chi connectivity index (χ0v) is 22.8. The summed E-state index contributed by atoms with van der Waals surface area (Å²) >= 11 is 3.53. The van der Waals surface area contributed by atoms with Crippen molar-refractivity contribution in [3.05, 3.63) is 101 Å². The minimum Gasteiger partial charge on any atom is -0.383 e. The maximum absolute atomic E-state index is 13.0. The second kappa shape index (κ2) is 9.97. The van der Waals surface area contributed by atoms with Gasteiger partial charge in [-0.2, -0.15) is 0 Å². The number of aromatic nitrogens is 3. The Morgan fingerprint density at radius 1 is 0.875 bits per heavy atom. The van der Waals surface area contributed by atoms with Gasteiger partial charge in [0.25, 0.3) is 11.8 Å². The van der Waals surface area contributed by atoms with Crippen molar-refractivity contribution >= 4 is 56.2 Å². The number of likely N-dealkylation sites (N-methyl/N-ethyl adjacent to an activating group) is 1. The third-order valence-corrected chi connectivity index (χ3v) is 7.36. The molecular formula is C30H21BrN6O3. The lowest BCUT2D eigenvalue weighted by molar-refractivity contribution is -0.118. The smallest absolute Gasteiger partial charge is 0.262 e. The summed E-state index contributed by atoms with van der Waals surface area (Å²) in [6.07, 6.45) is 1.39. The minimum atomic E-state index is -0.467. The van der Waals surface area contributed by atoms with Crippen LogP contribution >= 0.6 is 15.9 Å². The van der Waals surface area contributed by atoms with Crippen LogP contribution in [0.3, 0.4) is 0 Å². The summed E-state index contributed by atoms with van der Waals surface area (Å²) in [6.45, 7) is -0.353. The average molecular weight is 593 g/mol. The van der Waals surface area contributed by atoms with Crippen LogP contribution in [0, 0.1) is 0 Å². The summed E-state index contributed by atoms with van der Waals surface area (Å²) < 4.78 is 0.921. The number of anilines is 2. The quantitative estimate of drug-likeness (QED) is 0.286. The highest BCUT2D eigenvalue weighted by molar-refractivity contribution is 9.10. The highest BCUT2D eigenvalue weighted by Gasteiger charge is 2.36. The number of hydrogen-bond acceptors (Lipinski definition) is 7. The number of carbonyl (C=O) groups is 3. The molecule has 2 N–H and O–H groups in total. The number of rotatable bonds is 5. The van der Waals surface area contributed by atoms with Gasteiger partial charge >= 0.3 is 0 Å². The molecular weight excluding hydrogens is 572 g/mol. The van der Waals surface area contributed by atoms with Gasteiger partial charge in [0.1, 0.15) is 18.7 Å². The maximum Gasteiger partial charge on any atom is 0.262 e. The summed E-state index contributed by atoms with van der Waals surface area (Å²) in [6, 6.07) is 23.6. The molecule has 40 heavy (non-hydrogen) atoms. The van der Waals surface area contributed by atoms with Gasteiger partial charge < -0.3 is 10.6 Å². The van der Waals surface area contributed by atoms with Gasteiger partial charge in [0.15, 0.2) is 5.65 Å². The van der Waals surface area contributed by atoms with Crippen molar-refractivity contribution in [1.29, 1.82) is 0 Å². The zero-order chi connectivity index (χ0) is 28.0. The van der Waals surface area contributed by atoms with Crippen molar-refractivity contribution in [1.82, 2.24) is 19.9 Å². The molecule has 1 aliphatic rings. The number of amides is 3. The second-order valence-electron chi connectivity index (χ2n) is 9.26. The van der Waals surface area contributed by atoms with Crippen molar-refractivity contribution in [2.24, 2.45) is 0 Å². The molecule has 1 aliphatic heterocycles. The van der Waals surface area contributed by atoms with Crippen LogP contribution in [0.2, 0.25) is 0 Å². The van der Waals surface area contributed by atoms with E-state index in [1.165, 1.54) is 11.2 Å². The first kappa shape index (κ1) is 25.3. The lowest BCUT2D eigenvalue weighted by Gasteiger charge is -2.21. The van der Waals surface area contributed by atoms with E-state index in [4.69, 9.17) is 10.7 Å². The van der Waals surface area contributed by atoms with Crippen molar-refractivity contribution < 1.29 is 14.4 Å². The Balaban J connectivity index is 1.28. The Morgan fingerprint density at radius 2 is 1.57 bits per heavy atom. The highest BCUT2D eigenvalue weighted by atomic mass is 79.9. The van der Waals surface area contributed by atoms with E-state index in [1.807, 2.05) is 42.5 Å². The lowest BCUT2D eigenvalue weighted by atomic mass is 9.99. The van der Waals surface area contributed by atoms with Crippen molar-refractivity contribution in [3.63, 3.8) is 0 Å². The summed E-state index contributed by atoms with van der Waals surface area (Å²) in [7, 11) is 1.61. The number of nitrogens with zero attached hydrogens (tertiary/aromatic N) is 5. The van der Waals surface area contributed by atoms with Crippen molar-refractivity contribution in [3.8, 4) is 22.4 Å². The average Bonchev–Trinajstić information content (AvgIpc) is 3.21. The minimum absolute atomic E-state index is 0.310. The molecule has 0 spiro atoms. The van der Waals surface area contributed by atoms with Gasteiger partial charge in [-0.05, 0) is 53.6 Å². The van der Waals surface area contributed by atoms with Crippen molar-refractivity contribution in [2.45, 2.75) is 0 Å². The van der Waals surface area contributed by atoms with Gasteiger partial charge in [-0.3, -0.25) is 19.3 Å². The topological polar surface area (TPSA) is 122 Å². The molecule has 10 heteroatoms. The first-order valence-electron chi connectivity index (χ1n) is 12.3. The molecule has 5 aromatic rings. The molecule has 3 aromatic carbocycles. The van der Waals surface area contributed by atoms with Gasteiger partial charge in [-0.1, -0.05) is 52.3 Å². The Bertz CT molecular complexity index is 1810. The van der Waals surface area contributed by atoms with Crippen LogP contribution in [0.15, 0.2) is 89.7 Å². The summed E-state index contributed by atoms with van der Waals surface area (Å²) in [5.74, 6) is -0.987. The van der Waals surface area contributed by atoms with E-state index in [9.17, 15) is 14.4 Å². The number of benzene rings is 3. The SMILES string of the molecule is CN(C(=O)CN1C(=O)c2ccccc2C1=O)c1ccc(-c2cc(-c3cccc(Br)c3)c3c(N)ncnc3n2)cc1. The second-order valence-corrected chi connectivity index (χ2v) is 10.2. The van der Waals surface area contributed by atoms with Gasteiger partial charge in [-0.25, -0.2) is 15.0 Å². The predicted molar refractivity (Wildman–Crippen MR) is 156 cm³/mol. The van der Waals surface area contributed by atoms with E-state index >= 15 is 0 Å². The number of hydrogen-bond donors (Lipinski definition) is 1. The zero-order valence-electron chi connectivity index (χ0n) is 21.2. The van der Waals surface area contributed by atoms with Crippen LogP contribution in [-0.2, 0) is 4.79 Å². The fraction of sp³-hybridized carbons (Fsp3) is 0.0667. The maximum atomic E-state index is 13.0. The van der Waals surface area contributed by atoms with E-state index in [-0.39, 0.29) is 6.54 Å². The predicted octanol–water partition coefficient (Wildman–Crippen LogP) is 4.96. The van der Waals surface area contributed by atoms with Crippen LogP contribution in [0.25, 0.3) is 33.4 Å². The van der Waals surface area contributed by atoms with Gasteiger partial charge in [0.2, 0.25) is 5.91 Å². The molecule has 0 unspecified atom stereocenters. The molecule has 196 valence electrons. The van der Waals surface area contributed by atoms with Gasteiger partial charge in [-0.15, -0.1) is 0 Å². The molecule has 9 nitrogen and oxygen atoms in total. The van der Waals surface area contributed by atoms with Crippen LogP contribution in [0.5, 0.6) is 0 Å². The number of fused-ring (bicyclic) bond motifs is 2. The Hall–Kier alpha value is -4.96. The highest BCUT2D eigenvalue weighted by Crippen LogP contribution is 2.35. The number of pyridine rings is 1. The Kier molecular flexibility index (Phi) is 6.31. The molecule has 3 amide bonds.